The van der Waals surface area contributed by atoms with Crippen LogP contribution < -0.4 is 5.32 Å². The zero-order chi connectivity index (χ0) is 45.9. The number of carbonyl (C=O) groups excluding carboxylic acids is 1. The largest absolute Gasteiger partial charge is 0.394 e. The van der Waals surface area contributed by atoms with Crippen molar-refractivity contribution < 1.29 is 39.8 Å². The summed E-state index contributed by atoms with van der Waals surface area (Å²) in [4.78, 5) is 12.9. The minimum Gasteiger partial charge on any atom is -0.394 e. The first-order valence-corrected chi connectivity index (χ1v) is 26.0. The second-order valence-corrected chi connectivity index (χ2v) is 17.9. The van der Waals surface area contributed by atoms with Crippen LogP contribution in [0.15, 0.2) is 60.8 Å². The molecule has 1 rings (SSSR count). The summed E-state index contributed by atoms with van der Waals surface area (Å²) in [5.74, 6) is -0.183. The van der Waals surface area contributed by atoms with Crippen LogP contribution in [0.1, 0.15) is 219 Å². The molecule has 7 unspecified atom stereocenters. The molecule has 0 spiro atoms. The first kappa shape index (κ1) is 58.9. The third kappa shape index (κ3) is 33.9. The monoisotopic (exact) mass is 888 g/mol. The number of hydrogen-bond acceptors (Lipinski definition) is 8. The number of unbranched alkanes of at least 4 members (excludes halogenated alkanes) is 25. The van der Waals surface area contributed by atoms with Gasteiger partial charge in [-0.3, -0.25) is 4.79 Å². The molecule has 366 valence electrons. The van der Waals surface area contributed by atoms with Crippen molar-refractivity contribution >= 4 is 5.91 Å². The van der Waals surface area contributed by atoms with E-state index in [9.17, 15) is 30.3 Å². The zero-order valence-electron chi connectivity index (χ0n) is 40.3. The van der Waals surface area contributed by atoms with Gasteiger partial charge in [0.05, 0.1) is 25.4 Å². The summed E-state index contributed by atoms with van der Waals surface area (Å²) in [5.41, 5.74) is 0. The Hall–Kier alpha value is -2.11. The van der Waals surface area contributed by atoms with E-state index in [4.69, 9.17) is 9.47 Å². The molecule has 0 aromatic rings. The third-order valence-electron chi connectivity index (χ3n) is 12.1. The highest BCUT2D eigenvalue weighted by Crippen LogP contribution is 2.23. The van der Waals surface area contributed by atoms with E-state index in [2.05, 4.69) is 67.8 Å². The van der Waals surface area contributed by atoms with Gasteiger partial charge < -0.3 is 40.3 Å². The van der Waals surface area contributed by atoms with Crippen molar-refractivity contribution in [2.45, 2.75) is 262 Å². The van der Waals surface area contributed by atoms with E-state index in [1.807, 2.05) is 6.08 Å². The van der Waals surface area contributed by atoms with Crippen molar-refractivity contribution in [3.8, 4) is 0 Å². The van der Waals surface area contributed by atoms with E-state index in [0.29, 0.717) is 6.42 Å². The molecule has 1 heterocycles. The van der Waals surface area contributed by atoms with Crippen molar-refractivity contribution in [3.63, 3.8) is 0 Å². The molecule has 6 N–H and O–H groups in total. The number of nitrogens with one attached hydrogen (secondary N) is 1. The molecule has 0 aromatic carbocycles. The van der Waals surface area contributed by atoms with Gasteiger partial charge in [-0.15, -0.1) is 0 Å². The minimum atomic E-state index is -1.56. The van der Waals surface area contributed by atoms with Crippen molar-refractivity contribution in [1.82, 2.24) is 5.32 Å². The average Bonchev–Trinajstić information content (AvgIpc) is 3.28. The van der Waals surface area contributed by atoms with Crippen LogP contribution in [0.25, 0.3) is 0 Å². The summed E-state index contributed by atoms with van der Waals surface area (Å²) in [7, 11) is 0. The topological polar surface area (TPSA) is 149 Å². The van der Waals surface area contributed by atoms with Crippen LogP contribution in [-0.2, 0) is 14.3 Å². The fourth-order valence-electron chi connectivity index (χ4n) is 7.97. The number of aliphatic hydroxyl groups is 5. The summed E-state index contributed by atoms with van der Waals surface area (Å²) < 4.78 is 11.1. The molecule has 0 radical (unpaired) electrons. The smallest absolute Gasteiger partial charge is 0.220 e. The predicted octanol–water partition coefficient (Wildman–Crippen LogP) is 12.0. The molecule has 1 amide bonds. The number of rotatable bonds is 43. The quantitative estimate of drug-likeness (QED) is 0.0262. The van der Waals surface area contributed by atoms with Crippen LogP contribution in [0.5, 0.6) is 0 Å². The number of hydrogen-bond donors (Lipinski definition) is 6. The molecule has 0 aliphatic carbocycles. The first-order chi connectivity index (χ1) is 30.8. The molecule has 0 saturated carbocycles. The lowest BCUT2D eigenvalue weighted by Crippen LogP contribution is -2.60. The molecule has 9 heteroatoms. The fraction of sp³-hybridized carbons (Fsp3) is 0.796. The van der Waals surface area contributed by atoms with Gasteiger partial charge in [0, 0.05) is 6.42 Å². The van der Waals surface area contributed by atoms with E-state index in [1.54, 1.807) is 6.08 Å². The van der Waals surface area contributed by atoms with Gasteiger partial charge in [-0.05, 0) is 57.8 Å². The molecule has 0 bridgehead atoms. The van der Waals surface area contributed by atoms with Gasteiger partial charge >= 0.3 is 0 Å². The molecule has 9 nitrogen and oxygen atoms in total. The normalized spacial score (nSPS) is 20.7. The Morgan fingerprint density at radius 2 is 0.984 bits per heavy atom. The Morgan fingerprint density at radius 1 is 0.556 bits per heavy atom. The maximum atomic E-state index is 12.9. The highest BCUT2D eigenvalue weighted by molar-refractivity contribution is 5.76. The van der Waals surface area contributed by atoms with Crippen LogP contribution >= 0.6 is 0 Å². The number of amides is 1. The number of allylic oxidation sites excluding steroid dienone is 9. The molecule has 7 atom stereocenters. The van der Waals surface area contributed by atoms with E-state index in [1.165, 1.54) is 128 Å². The van der Waals surface area contributed by atoms with Gasteiger partial charge in [0.15, 0.2) is 6.29 Å². The van der Waals surface area contributed by atoms with E-state index in [-0.39, 0.29) is 12.5 Å². The molecular weight excluding hydrogens is 791 g/mol. The van der Waals surface area contributed by atoms with Crippen LogP contribution in [0, 0.1) is 0 Å². The minimum absolute atomic E-state index is 0.183. The van der Waals surface area contributed by atoms with E-state index in [0.717, 1.165) is 70.6 Å². The Balaban J connectivity index is 1.98. The molecule has 0 aromatic heterocycles. The van der Waals surface area contributed by atoms with Crippen LogP contribution in [0.4, 0.5) is 0 Å². The Labute approximate surface area is 386 Å². The molecule has 1 aliphatic rings. The lowest BCUT2D eigenvalue weighted by Gasteiger charge is -2.40. The zero-order valence-corrected chi connectivity index (χ0v) is 40.3. The first-order valence-electron chi connectivity index (χ1n) is 26.0. The Bertz CT molecular complexity index is 1170. The molecule has 1 fully saturated rings. The summed E-state index contributed by atoms with van der Waals surface area (Å²) >= 11 is 0. The SMILES string of the molecule is CC/C=C\C/C=C\C/C=C\C/C=C\CCCCCCCCCCCCCCCCCCCCCCCCC(=O)NC(COC1OC(CO)C(O)C(O)C1O)C(O)/C=C/CCCCC. The van der Waals surface area contributed by atoms with Gasteiger partial charge in [-0.25, -0.2) is 0 Å². The molecule has 1 saturated heterocycles. The van der Waals surface area contributed by atoms with Gasteiger partial charge in [0.2, 0.25) is 5.91 Å². The molecular formula is C54H97NO8. The van der Waals surface area contributed by atoms with Gasteiger partial charge in [-0.2, -0.15) is 0 Å². The van der Waals surface area contributed by atoms with Crippen molar-refractivity contribution in [2.24, 2.45) is 0 Å². The van der Waals surface area contributed by atoms with E-state index >= 15 is 0 Å². The van der Waals surface area contributed by atoms with Crippen molar-refractivity contribution in [2.75, 3.05) is 13.2 Å². The lowest BCUT2D eigenvalue weighted by molar-refractivity contribution is -0.302. The number of carbonyl (C=O) groups is 1. The Kier molecular flexibility index (Phi) is 40.9. The lowest BCUT2D eigenvalue weighted by atomic mass is 9.99. The third-order valence-corrected chi connectivity index (χ3v) is 12.1. The van der Waals surface area contributed by atoms with Crippen molar-refractivity contribution in [3.05, 3.63) is 60.8 Å². The van der Waals surface area contributed by atoms with Crippen LogP contribution in [-0.4, -0.2) is 87.5 Å². The van der Waals surface area contributed by atoms with Gasteiger partial charge in [0.1, 0.15) is 24.4 Å². The summed E-state index contributed by atoms with van der Waals surface area (Å²) in [6, 6.07) is -0.800. The maximum Gasteiger partial charge on any atom is 0.220 e. The second-order valence-electron chi connectivity index (χ2n) is 17.9. The number of aliphatic hydroxyl groups excluding tert-OH is 5. The van der Waals surface area contributed by atoms with Crippen LogP contribution in [0.2, 0.25) is 0 Å². The number of ether oxygens (including phenoxy) is 2. The predicted molar refractivity (Wildman–Crippen MR) is 262 cm³/mol. The van der Waals surface area contributed by atoms with Gasteiger partial charge in [-0.1, -0.05) is 216 Å². The second kappa shape index (κ2) is 43.8. The summed E-state index contributed by atoms with van der Waals surface area (Å²) in [5, 5.41) is 53.8. The highest BCUT2D eigenvalue weighted by Gasteiger charge is 2.44. The van der Waals surface area contributed by atoms with Crippen molar-refractivity contribution in [1.29, 1.82) is 0 Å². The fourth-order valence-corrected chi connectivity index (χ4v) is 7.97. The summed E-state index contributed by atoms with van der Waals surface area (Å²) in [6.07, 6.45) is 52.2. The summed E-state index contributed by atoms with van der Waals surface area (Å²) in [6.45, 7) is 3.55. The standard InChI is InChI=1S/C54H97NO8/c1-3-5-7-9-10-11-12-13-14-15-16-17-18-19-20-21-22-23-24-25-26-27-28-29-30-31-32-33-34-35-36-37-38-40-42-44-50(58)55-47(48(57)43-41-39-8-6-4-2)46-62-54-53(61)52(60)51(59)49(45-56)63-54/h5,7,10-11,13-14,16-17,41,43,47-49,51-54,56-57,59-61H,3-4,6,8-9,12,15,18-40,42,44-46H2,1-2H3,(H,55,58)/b7-5-,11-10-,14-13-,17-16-,43-41+. The van der Waals surface area contributed by atoms with Crippen LogP contribution in [0.3, 0.4) is 0 Å². The Morgan fingerprint density at radius 3 is 1.46 bits per heavy atom. The average molecular weight is 888 g/mol. The molecule has 63 heavy (non-hydrogen) atoms. The molecule has 1 aliphatic heterocycles. The maximum absolute atomic E-state index is 12.9. The van der Waals surface area contributed by atoms with E-state index < -0.39 is 49.5 Å². The highest BCUT2D eigenvalue weighted by atomic mass is 16.7. The van der Waals surface area contributed by atoms with Gasteiger partial charge in [0.25, 0.3) is 0 Å².